The maximum Gasteiger partial charge on any atom is 0.0972 e. The van der Waals surface area contributed by atoms with Crippen LogP contribution in [0.1, 0.15) is 62.5 Å². The third-order valence-electron chi connectivity index (χ3n) is 7.70. The molecule has 0 radical (unpaired) electrons. The van der Waals surface area contributed by atoms with E-state index in [-0.39, 0.29) is 0 Å². The van der Waals surface area contributed by atoms with Crippen LogP contribution in [0.25, 0.3) is 44.3 Å². The fourth-order valence-corrected chi connectivity index (χ4v) is 5.49. The minimum Gasteiger partial charge on any atom is -0.245 e. The van der Waals surface area contributed by atoms with Crippen molar-refractivity contribution in [2.24, 2.45) is 0 Å². The lowest BCUT2D eigenvalue weighted by atomic mass is 10.0. The average molecular weight is 471 g/mol. The highest BCUT2D eigenvalue weighted by Gasteiger charge is 2.09. The molecule has 2 heteroatoms. The summed E-state index contributed by atoms with van der Waals surface area (Å²) in [4.78, 5) is 10.2. The predicted molar refractivity (Wildman–Crippen MR) is 152 cm³/mol. The van der Waals surface area contributed by atoms with Gasteiger partial charge in [0.25, 0.3) is 0 Å². The highest BCUT2D eigenvalue weighted by Crippen LogP contribution is 2.29. The van der Waals surface area contributed by atoms with Gasteiger partial charge >= 0.3 is 0 Å². The highest BCUT2D eigenvalue weighted by atomic mass is 14.8. The Morgan fingerprint density at radius 3 is 1.14 bits per heavy atom. The number of benzene rings is 3. The topological polar surface area (TPSA) is 25.8 Å². The van der Waals surface area contributed by atoms with Crippen LogP contribution in [0.4, 0.5) is 0 Å². The molecule has 0 atom stereocenters. The predicted octanol–water partition coefficient (Wildman–Crippen LogP) is 9.34. The molecule has 0 aliphatic carbocycles. The third-order valence-corrected chi connectivity index (χ3v) is 7.70. The first-order chi connectivity index (χ1) is 17.8. The van der Waals surface area contributed by atoms with Crippen molar-refractivity contribution in [3.63, 3.8) is 0 Å². The number of hydrogen-bond acceptors (Lipinski definition) is 2. The number of aromatic nitrogens is 2. The van der Waals surface area contributed by atoms with E-state index in [0.717, 1.165) is 33.2 Å². The molecule has 3 aromatic carbocycles. The molecular formula is C34H34N2. The lowest BCUT2D eigenvalue weighted by Gasteiger charge is -2.09. The molecule has 4 aliphatic rings. The van der Waals surface area contributed by atoms with E-state index in [0.29, 0.717) is 0 Å². The molecule has 9 rings (SSSR count). The molecule has 8 bridgehead atoms. The molecule has 0 unspecified atom stereocenters. The summed E-state index contributed by atoms with van der Waals surface area (Å²) in [5.41, 5.74) is 9.15. The quantitative estimate of drug-likeness (QED) is 0.211. The van der Waals surface area contributed by atoms with Crippen LogP contribution in [0.2, 0.25) is 0 Å². The largest absolute Gasteiger partial charge is 0.245 e. The summed E-state index contributed by atoms with van der Waals surface area (Å²) in [5, 5.41) is 2.26. The maximum atomic E-state index is 5.12. The van der Waals surface area contributed by atoms with Crippen LogP contribution in [0.5, 0.6) is 0 Å². The fraction of sp³-hybridized carbons (Fsp3) is 0.294. The minimum absolute atomic E-state index is 0.974. The molecule has 5 aromatic rings. The zero-order valence-corrected chi connectivity index (χ0v) is 21.0. The van der Waals surface area contributed by atoms with Gasteiger partial charge < -0.3 is 0 Å². The van der Waals surface area contributed by atoms with Crippen molar-refractivity contribution < 1.29 is 0 Å². The fourth-order valence-electron chi connectivity index (χ4n) is 5.49. The van der Waals surface area contributed by atoms with E-state index in [1.165, 1.54) is 86.5 Å². The SMILES string of the molecule is c1cc2ccc1CCCCCCCCCCc1ccc(cc1)-c1ccc3ccc4ccc-2nc4c3n1. The van der Waals surface area contributed by atoms with Gasteiger partial charge in [-0.15, -0.1) is 0 Å². The van der Waals surface area contributed by atoms with Gasteiger partial charge in [-0.25, -0.2) is 9.97 Å². The van der Waals surface area contributed by atoms with Gasteiger partial charge in [-0.2, -0.15) is 0 Å². The van der Waals surface area contributed by atoms with E-state index in [1.807, 2.05) is 0 Å². The van der Waals surface area contributed by atoms with Crippen LogP contribution < -0.4 is 0 Å². The summed E-state index contributed by atoms with van der Waals surface area (Å²) in [6, 6.07) is 31.0. The number of hydrogen-bond donors (Lipinski definition) is 0. The second kappa shape index (κ2) is 10.6. The first-order valence-electron chi connectivity index (χ1n) is 13.7. The summed E-state index contributed by atoms with van der Waals surface area (Å²) >= 11 is 0. The first kappa shape index (κ1) is 22.9. The maximum absolute atomic E-state index is 5.12. The lowest BCUT2D eigenvalue weighted by molar-refractivity contribution is 0.567. The summed E-state index contributed by atoms with van der Waals surface area (Å²) < 4.78 is 0. The summed E-state index contributed by atoms with van der Waals surface area (Å²) in [5.74, 6) is 0. The van der Waals surface area contributed by atoms with E-state index >= 15 is 0 Å². The minimum atomic E-state index is 0.974. The third kappa shape index (κ3) is 5.04. The first-order valence-corrected chi connectivity index (χ1v) is 13.7. The molecule has 6 heterocycles. The van der Waals surface area contributed by atoms with E-state index in [4.69, 9.17) is 9.97 Å². The molecule has 0 N–H and O–H groups in total. The van der Waals surface area contributed by atoms with Gasteiger partial charge in [0.2, 0.25) is 0 Å². The van der Waals surface area contributed by atoms with Crippen molar-refractivity contribution in [1.82, 2.24) is 9.97 Å². The zero-order valence-electron chi connectivity index (χ0n) is 21.0. The Balaban J connectivity index is 1.39. The lowest BCUT2D eigenvalue weighted by Crippen LogP contribution is -1.92. The van der Waals surface area contributed by atoms with Crippen LogP contribution in [0.15, 0.2) is 84.9 Å². The summed E-state index contributed by atoms with van der Waals surface area (Å²) in [6.07, 6.45) is 13.0. The smallest absolute Gasteiger partial charge is 0.0972 e. The Hall–Kier alpha value is -3.52. The molecule has 4 aliphatic heterocycles. The number of pyridine rings is 2. The molecule has 0 saturated heterocycles. The zero-order chi connectivity index (χ0) is 24.2. The molecule has 0 spiro atoms. The van der Waals surface area contributed by atoms with Gasteiger partial charge in [0.05, 0.1) is 22.4 Å². The Labute approximate surface area is 214 Å². The number of aryl methyl sites for hydroxylation is 2. The van der Waals surface area contributed by atoms with Crippen LogP contribution >= 0.6 is 0 Å². The van der Waals surface area contributed by atoms with Crippen molar-refractivity contribution in [3.8, 4) is 22.5 Å². The van der Waals surface area contributed by atoms with Crippen molar-refractivity contribution in [2.75, 3.05) is 0 Å². The van der Waals surface area contributed by atoms with E-state index < -0.39 is 0 Å². The van der Waals surface area contributed by atoms with Crippen molar-refractivity contribution in [2.45, 2.75) is 64.2 Å². The van der Waals surface area contributed by atoms with Crippen LogP contribution in [0.3, 0.4) is 0 Å². The van der Waals surface area contributed by atoms with Crippen molar-refractivity contribution >= 4 is 21.8 Å². The van der Waals surface area contributed by atoms with Gasteiger partial charge in [0, 0.05) is 21.9 Å². The molecule has 0 saturated carbocycles. The van der Waals surface area contributed by atoms with E-state index in [9.17, 15) is 0 Å². The van der Waals surface area contributed by atoms with Crippen LogP contribution in [-0.4, -0.2) is 9.97 Å². The Morgan fingerprint density at radius 2 is 0.722 bits per heavy atom. The molecule has 36 heavy (non-hydrogen) atoms. The van der Waals surface area contributed by atoms with E-state index in [2.05, 4.69) is 84.9 Å². The highest BCUT2D eigenvalue weighted by molar-refractivity contribution is 6.04. The Kier molecular flexibility index (Phi) is 6.76. The van der Waals surface area contributed by atoms with Gasteiger partial charge in [-0.1, -0.05) is 111 Å². The second-order valence-corrected chi connectivity index (χ2v) is 10.3. The van der Waals surface area contributed by atoms with Crippen LogP contribution in [-0.2, 0) is 12.8 Å². The Morgan fingerprint density at radius 1 is 0.361 bits per heavy atom. The summed E-state index contributed by atoms with van der Waals surface area (Å²) in [6.45, 7) is 0. The van der Waals surface area contributed by atoms with Gasteiger partial charge in [-0.05, 0) is 48.9 Å². The van der Waals surface area contributed by atoms with Crippen molar-refractivity contribution in [3.05, 3.63) is 96.1 Å². The molecule has 2 nitrogen and oxygen atoms in total. The molecule has 2 aromatic heterocycles. The molecule has 0 fully saturated rings. The number of nitrogens with zero attached hydrogens (tertiary/aromatic N) is 2. The standard InChI is InChI=1S/C34H34N2/c1-2-4-6-8-10-26-13-17-28(18-14-26)32-24-22-30-20-19-29-21-23-31(35-33(29)34(30)36-32)27-15-11-25(12-16-27)9-7-5-3-1/h11-24H,1-10H2. The van der Waals surface area contributed by atoms with Gasteiger partial charge in [0.1, 0.15) is 0 Å². The number of rotatable bonds is 0. The van der Waals surface area contributed by atoms with Gasteiger partial charge in [-0.3, -0.25) is 0 Å². The molecule has 180 valence electrons. The molecular weight excluding hydrogens is 436 g/mol. The Bertz CT molecular complexity index is 1350. The summed E-state index contributed by atoms with van der Waals surface area (Å²) in [7, 11) is 0. The molecule has 0 amide bonds. The van der Waals surface area contributed by atoms with Gasteiger partial charge in [0.15, 0.2) is 0 Å². The normalized spacial score (nSPS) is 15.2. The second-order valence-electron chi connectivity index (χ2n) is 10.3. The monoisotopic (exact) mass is 470 g/mol. The average Bonchev–Trinajstić information content (AvgIpc) is 2.93. The van der Waals surface area contributed by atoms with E-state index in [1.54, 1.807) is 0 Å². The van der Waals surface area contributed by atoms with Crippen molar-refractivity contribution in [1.29, 1.82) is 0 Å². The van der Waals surface area contributed by atoms with Crippen LogP contribution in [0, 0.1) is 0 Å².